The Kier molecular flexibility index (Phi) is 9.32. The molecule has 0 fully saturated rings. The molecule has 1 aliphatic heterocycles. The second kappa shape index (κ2) is 13.1. The zero-order chi connectivity index (χ0) is 34.1. The molecule has 2 N–H and O–H groups in total. The van der Waals surface area contributed by atoms with Crippen molar-refractivity contribution in [1.82, 2.24) is 0 Å². The Morgan fingerprint density at radius 1 is 0.936 bits per heavy atom. The fraction of sp³-hybridized carbons (Fsp3) is 0.200. The molecular weight excluding hydrogens is 652 g/mol. The SMILES string of the molecule is C=C(c1ccccc1-c1ccccc1N(/C=C/C(Br)=C/C=C1\N(C(=O)O)c2c(ccc3ccccc23)C1(C)C)C(=O)O)C(C)(C)CC. The molecule has 0 atom stereocenters. The Morgan fingerprint density at radius 2 is 1.57 bits per heavy atom. The molecular formula is C40H39BrN2O4. The van der Waals surface area contributed by atoms with E-state index in [9.17, 15) is 19.8 Å². The van der Waals surface area contributed by atoms with E-state index in [2.05, 4.69) is 43.3 Å². The molecule has 2 amide bonds. The van der Waals surface area contributed by atoms with Crippen molar-refractivity contribution < 1.29 is 19.8 Å². The summed E-state index contributed by atoms with van der Waals surface area (Å²) in [6, 6.07) is 27.1. The maximum absolute atomic E-state index is 12.7. The van der Waals surface area contributed by atoms with Gasteiger partial charge in [0, 0.05) is 32.7 Å². The molecule has 4 aromatic rings. The van der Waals surface area contributed by atoms with E-state index in [0.717, 1.165) is 45.0 Å². The smallest absolute Gasteiger partial charge is 0.416 e. The topological polar surface area (TPSA) is 81.1 Å². The lowest BCUT2D eigenvalue weighted by Crippen LogP contribution is -2.30. The number of para-hydroxylation sites is 1. The molecule has 0 saturated heterocycles. The molecule has 0 aliphatic carbocycles. The first-order valence-corrected chi connectivity index (χ1v) is 16.3. The highest BCUT2D eigenvalue weighted by atomic mass is 79.9. The van der Waals surface area contributed by atoms with Crippen molar-refractivity contribution in [2.45, 2.75) is 46.5 Å². The van der Waals surface area contributed by atoms with Crippen molar-refractivity contribution in [3.63, 3.8) is 0 Å². The van der Waals surface area contributed by atoms with Crippen LogP contribution in [0.2, 0.25) is 0 Å². The molecule has 0 radical (unpaired) electrons. The van der Waals surface area contributed by atoms with E-state index in [1.807, 2.05) is 92.7 Å². The lowest BCUT2D eigenvalue weighted by molar-refractivity contribution is 0.202. The van der Waals surface area contributed by atoms with Crippen LogP contribution in [0.15, 0.2) is 126 Å². The molecule has 0 saturated carbocycles. The van der Waals surface area contributed by atoms with Gasteiger partial charge in [-0.1, -0.05) is 136 Å². The predicted molar refractivity (Wildman–Crippen MR) is 197 cm³/mol. The minimum Gasteiger partial charge on any atom is -0.464 e. The van der Waals surface area contributed by atoms with Gasteiger partial charge >= 0.3 is 12.2 Å². The number of anilines is 2. The van der Waals surface area contributed by atoms with Crippen LogP contribution >= 0.6 is 15.9 Å². The number of amides is 2. The van der Waals surface area contributed by atoms with Gasteiger partial charge in [0.15, 0.2) is 0 Å². The highest BCUT2D eigenvalue weighted by Crippen LogP contribution is 2.51. The summed E-state index contributed by atoms with van der Waals surface area (Å²) in [5.74, 6) is 0. The maximum Gasteiger partial charge on any atom is 0.416 e. The van der Waals surface area contributed by atoms with Crippen molar-refractivity contribution in [3.05, 3.63) is 137 Å². The Morgan fingerprint density at radius 3 is 2.26 bits per heavy atom. The fourth-order valence-corrected chi connectivity index (χ4v) is 6.35. The third-order valence-electron chi connectivity index (χ3n) is 9.27. The number of hydrogen-bond acceptors (Lipinski definition) is 2. The number of hydrogen-bond donors (Lipinski definition) is 2. The van der Waals surface area contributed by atoms with E-state index < -0.39 is 17.6 Å². The number of rotatable bonds is 8. The third-order valence-corrected chi connectivity index (χ3v) is 9.79. The van der Waals surface area contributed by atoms with Crippen LogP contribution < -0.4 is 9.80 Å². The van der Waals surface area contributed by atoms with Gasteiger partial charge in [0.2, 0.25) is 0 Å². The number of fused-ring (bicyclic) bond motifs is 3. The Hall–Kier alpha value is -4.88. The summed E-state index contributed by atoms with van der Waals surface area (Å²) in [5.41, 5.74) is 5.57. The van der Waals surface area contributed by atoms with Gasteiger partial charge in [-0.2, -0.15) is 0 Å². The van der Waals surface area contributed by atoms with Crippen LogP contribution in [0, 0.1) is 5.41 Å². The van der Waals surface area contributed by atoms with Crippen LogP contribution in [0.1, 0.15) is 52.2 Å². The maximum atomic E-state index is 12.7. The monoisotopic (exact) mass is 690 g/mol. The highest BCUT2D eigenvalue weighted by Gasteiger charge is 2.43. The van der Waals surface area contributed by atoms with Gasteiger partial charge in [0.1, 0.15) is 0 Å². The van der Waals surface area contributed by atoms with E-state index in [1.165, 1.54) is 16.0 Å². The van der Waals surface area contributed by atoms with Gasteiger partial charge in [0.25, 0.3) is 0 Å². The van der Waals surface area contributed by atoms with Crippen molar-refractivity contribution in [2.75, 3.05) is 9.80 Å². The molecule has 0 bridgehead atoms. The zero-order valence-electron chi connectivity index (χ0n) is 27.3. The molecule has 0 aromatic heterocycles. The highest BCUT2D eigenvalue weighted by molar-refractivity contribution is 9.11. The molecule has 4 aromatic carbocycles. The van der Waals surface area contributed by atoms with Crippen LogP contribution in [0.4, 0.5) is 21.0 Å². The van der Waals surface area contributed by atoms with Gasteiger partial charge in [-0.05, 0) is 63.8 Å². The van der Waals surface area contributed by atoms with Crippen LogP contribution in [0.3, 0.4) is 0 Å². The van der Waals surface area contributed by atoms with Crippen molar-refractivity contribution in [1.29, 1.82) is 0 Å². The molecule has 0 unspecified atom stereocenters. The molecule has 1 aliphatic rings. The number of carboxylic acid groups (broad SMARTS) is 2. The van der Waals surface area contributed by atoms with Crippen LogP contribution in [0.5, 0.6) is 0 Å². The summed E-state index contributed by atoms with van der Waals surface area (Å²) < 4.78 is 0.564. The minimum atomic E-state index is -1.14. The average molecular weight is 692 g/mol. The van der Waals surface area contributed by atoms with Gasteiger partial charge in [0.05, 0.1) is 11.4 Å². The van der Waals surface area contributed by atoms with Gasteiger partial charge in [-0.25, -0.2) is 14.5 Å². The lowest BCUT2D eigenvalue weighted by Gasteiger charge is -2.28. The summed E-state index contributed by atoms with van der Waals surface area (Å²) in [7, 11) is 0. The lowest BCUT2D eigenvalue weighted by atomic mass is 9.77. The first kappa shape index (κ1) is 33.5. The first-order chi connectivity index (χ1) is 22.3. The summed E-state index contributed by atoms with van der Waals surface area (Å²) in [5, 5.41) is 22.5. The summed E-state index contributed by atoms with van der Waals surface area (Å²) >= 11 is 3.56. The average Bonchev–Trinajstić information content (AvgIpc) is 3.29. The molecule has 47 heavy (non-hydrogen) atoms. The molecule has 6 nitrogen and oxygen atoms in total. The van der Waals surface area contributed by atoms with E-state index >= 15 is 0 Å². The van der Waals surface area contributed by atoms with E-state index in [1.54, 1.807) is 24.3 Å². The van der Waals surface area contributed by atoms with Gasteiger partial charge < -0.3 is 10.2 Å². The minimum absolute atomic E-state index is 0.139. The Bertz CT molecular complexity index is 1990. The summed E-state index contributed by atoms with van der Waals surface area (Å²) in [4.78, 5) is 27.8. The van der Waals surface area contributed by atoms with Crippen LogP contribution in [0.25, 0.3) is 27.5 Å². The number of benzene rings is 4. The van der Waals surface area contributed by atoms with Crippen LogP contribution in [-0.4, -0.2) is 22.4 Å². The number of allylic oxidation sites excluding steroid dienone is 6. The van der Waals surface area contributed by atoms with E-state index in [4.69, 9.17) is 0 Å². The molecule has 1 heterocycles. The number of carbonyl (C=O) groups is 2. The summed E-state index contributed by atoms with van der Waals surface area (Å²) in [6.45, 7) is 14.9. The number of halogens is 1. The van der Waals surface area contributed by atoms with E-state index in [0.29, 0.717) is 21.6 Å². The van der Waals surface area contributed by atoms with Crippen molar-refractivity contribution in [2.24, 2.45) is 5.41 Å². The molecule has 5 rings (SSSR count). The second-order valence-electron chi connectivity index (χ2n) is 12.8. The third kappa shape index (κ3) is 6.28. The molecule has 240 valence electrons. The quantitative estimate of drug-likeness (QED) is 0.180. The Balaban J connectivity index is 1.52. The fourth-order valence-electron chi connectivity index (χ4n) is 6.10. The van der Waals surface area contributed by atoms with Crippen LogP contribution in [-0.2, 0) is 5.41 Å². The van der Waals surface area contributed by atoms with Gasteiger partial charge in [-0.3, -0.25) is 4.90 Å². The number of nitrogens with zero attached hydrogens (tertiary/aromatic N) is 2. The largest absolute Gasteiger partial charge is 0.464 e. The molecule has 0 spiro atoms. The van der Waals surface area contributed by atoms with Crippen molar-refractivity contribution >= 4 is 55.8 Å². The normalized spacial score (nSPS) is 15.3. The summed E-state index contributed by atoms with van der Waals surface area (Å²) in [6.07, 6.45) is 5.34. The predicted octanol–water partition coefficient (Wildman–Crippen LogP) is 11.6. The van der Waals surface area contributed by atoms with Crippen molar-refractivity contribution in [3.8, 4) is 11.1 Å². The Labute approximate surface area is 284 Å². The first-order valence-electron chi connectivity index (χ1n) is 15.5. The second-order valence-corrected chi connectivity index (χ2v) is 13.7. The van der Waals surface area contributed by atoms with E-state index in [-0.39, 0.29) is 5.41 Å². The van der Waals surface area contributed by atoms with Gasteiger partial charge in [-0.15, -0.1) is 0 Å². The molecule has 7 heteroatoms. The zero-order valence-corrected chi connectivity index (χ0v) is 28.9. The standard InChI is InChI=1S/C40H39BrN2O4/c1-7-39(3,4)26(2)29-15-10-11-17-31(29)32-18-12-13-19-34(32)42(37(44)45)25-24-28(41)21-23-35-40(5,6)33-22-20-27-14-8-9-16-30(27)36(33)43(35)38(46)47/h8-25H,2,7H2,1,3-6H3,(H,44,45)(H,46,47)/b25-24+,28-21-,35-23-.